The fraction of sp³-hybridized carbons (Fsp3) is 0.917. The summed E-state index contributed by atoms with van der Waals surface area (Å²) in [4.78, 5) is 12.0. The number of rotatable bonds is 6. The van der Waals surface area contributed by atoms with Crippen LogP contribution in [0.2, 0.25) is 0 Å². The molecule has 15 heavy (non-hydrogen) atoms. The number of carbonyl (C=O) groups excluding carboxylic acids is 1. The average molecular weight is 212 g/mol. The predicted octanol–water partition coefficient (Wildman–Crippen LogP) is 2.02. The molecule has 0 aromatic rings. The van der Waals surface area contributed by atoms with Gasteiger partial charge in [0, 0.05) is 18.4 Å². The molecule has 0 aromatic carbocycles. The Morgan fingerprint density at radius 2 is 2.07 bits per heavy atom. The molecule has 1 fully saturated rings. The standard InChI is InChI=1S/C12H24N2O/c1-10(6-5-9-14-13)12(15)11-7-3-2-4-8-11/h10-11,14H,2-9,13H2,1H3. The Hall–Kier alpha value is -0.410. The van der Waals surface area contributed by atoms with Crippen LogP contribution >= 0.6 is 0 Å². The van der Waals surface area contributed by atoms with E-state index in [1.54, 1.807) is 0 Å². The van der Waals surface area contributed by atoms with Crippen LogP contribution in [0.15, 0.2) is 0 Å². The largest absolute Gasteiger partial charge is 0.299 e. The highest BCUT2D eigenvalue weighted by Crippen LogP contribution is 2.27. The number of nitrogens with one attached hydrogen (secondary N) is 1. The number of Topliss-reactive ketones (excluding diaryl/α,β-unsaturated/α-hetero) is 1. The highest BCUT2D eigenvalue weighted by molar-refractivity contribution is 5.83. The Balaban J connectivity index is 2.24. The maximum Gasteiger partial charge on any atom is 0.138 e. The van der Waals surface area contributed by atoms with Gasteiger partial charge in [0.05, 0.1) is 0 Å². The average Bonchev–Trinajstić information content (AvgIpc) is 2.29. The molecule has 1 rings (SSSR count). The van der Waals surface area contributed by atoms with Crippen molar-refractivity contribution in [2.24, 2.45) is 17.7 Å². The van der Waals surface area contributed by atoms with Crippen molar-refractivity contribution in [3.63, 3.8) is 0 Å². The van der Waals surface area contributed by atoms with E-state index in [0.717, 1.165) is 32.2 Å². The van der Waals surface area contributed by atoms with Crippen molar-refractivity contribution in [3.05, 3.63) is 0 Å². The van der Waals surface area contributed by atoms with Crippen molar-refractivity contribution in [1.82, 2.24) is 5.43 Å². The normalized spacial score (nSPS) is 20.1. The van der Waals surface area contributed by atoms with E-state index in [4.69, 9.17) is 5.84 Å². The lowest BCUT2D eigenvalue weighted by atomic mass is 9.81. The van der Waals surface area contributed by atoms with Crippen molar-refractivity contribution in [2.75, 3.05) is 6.54 Å². The lowest BCUT2D eigenvalue weighted by Crippen LogP contribution is -2.26. The van der Waals surface area contributed by atoms with Crippen molar-refractivity contribution in [3.8, 4) is 0 Å². The molecule has 0 saturated heterocycles. The zero-order valence-electron chi connectivity index (χ0n) is 9.80. The molecule has 0 bridgehead atoms. The lowest BCUT2D eigenvalue weighted by molar-refractivity contribution is -0.127. The minimum Gasteiger partial charge on any atom is -0.299 e. The van der Waals surface area contributed by atoms with Gasteiger partial charge < -0.3 is 0 Å². The van der Waals surface area contributed by atoms with Crippen LogP contribution in [-0.4, -0.2) is 12.3 Å². The monoisotopic (exact) mass is 212 g/mol. The van der Waals surface area contributed by atoms with Crippen LogP contribution in [0.25, 0.3) is 0 Å². The van der Waals surface area contributed by atoms with Gasteiger partial charge in [-0.05, 0) is 25.7 Å². The molecule has 0 aliphatic heterocycles. The Kier molecular flexibility index (Phi) is 5.88. The Bertz CT molecular complexity index is 188. The molecule has 0 aromatic heterocycles. The molecule has 3 nitrogen and oxygen atoms in total. The van der Waals surface area contributed by atoms with Gasteiger partial charge in [0.1, 0.15) is 5.78 Å². The summed E-state index contributed by atoms with van der Waals surface area (Å²) in [6.45, 7) is 2.87. The topological polar surface area (TPSA) is 55.1 Å². The maximum atomic E-state index is 12.0. The first-order valence-corrected chi connectivity index (χ1v) is 6.23. The fourth-order valence-electron chi connectivity index (χ4n) is 2.44. The summed E-state index contributed by atoms with van der Waals surface area (Å²) >= 11 is 0. The lowest BCUT2D eigenvalue weighted by Gasteiger charge is -2.23. The summed E-state index contributed by atoms with van der Waals surface area (Å²) in [7, 11) is 0. The zero-order chi connectivity index (χ0) is 11.1. The van der Waals surface area contributed by atoms with Crippen molar-refractivity contribution >= 4 is 5.78 Å². The fourth-order valence-corrected chi connectivity index (χ4v) is 2.44. The number of carbonyl (C=O) groups is 1. The molecular weight excluding hydrogens is 188 g/mol. The quantitative estimate of drug-likeness (QED) is 0.402. The summed E-state index contributed by atoms with van der Waals surface area (Å²) in [5.74, 6) is 6.28. The molecule has 88 valence electrons. The van der Waals surface area contributed by atoms with Crippen LogP contribution < -0.4 is 11.3 Å². The van der Waals surface area contributed by atoms with E-state index in [1.807, 2.05) is 0 Å². The third-order valence-electron chi connectivity index (χ3n) is 3.45. The summed E-state index contributed by atoms with van der Waals surface area (Å²) in [6.07, 6.45) is 8.02. The van der Waals surface area contributed by atoms with Gasteiger partial charge in [0.15, 0.2) is 0 Å². The second-order valence-corrected chi connectivity index (χ2v) is 4.73. The Morgan fingerprint density at radius 3 is 2.67 bits per heavy atom. The van der Waals surface area contributed by atoms with Crippen molar-refractivity contribution in [2.45, 2.75) is 51.9 Å². The number of hydrogen-bond acceptors (Lipinski definition) is 3. The number of nitrogens with two attached hydrogens (primary N) is 1. The number of ketones is 1. The minimum atomic E-state index is 0.224. The molecule has 1 aliphatic carbocycles. The van der Waals surface area contributed by atoms with Crippen LogP contribution in [0.1, 0.15) is 51.9 Å². The van der Waals surface area contributed by atoms with Crippen LogP contribution in [-0.2, 0) is 4.79 Å². The molecular formula is C12H24N2O. The molecule has 1 aliphatic rings. The van der Waals surface area contributed by atoms with Gasteiger partial charge in [-0.1, -0.05) is 26.2 Å². The van der Waals surface area contributed by atoms with Gasteiger partial charge in [-0.15, -0.1) is 0 Å². The van der Waals surface area contributed by atoms with Crippen molar-refractivity contribution < 1.29 is 4.79 Å². The molecule has 0 spiro atoms. The maximum absolute atomic E-state index is 12.0. The second kappa shape index (κ2) is 6.96. The first-order valence-electron chi connectivity index (χ1n) is 6.23. The molecule has 0 radical (unpaired) electrons. The van der Waals surface area contributed by atoms with E-state index in [0.29, 0.717) is 11.7 Å². The minimum absolute atomic E-state index is 0.224. The van der Waals surface area contributed by atoms with E-state index < -0.39 is 0 Å². The molecule has 0 amide bonds. The van der Waals surface area contributed by atoms with Crippen LogP contribution in [0.3, 0.4) is 0 Å². The van der Waals surface area contributed by atoms with Crippen LogP contribution in [0.4, 0.5) is 0 Å². The smallest absolute Gasteiger partial charge is 0.138 e. The van der Waals surface area contributed by atoms with Gasteiger partial charge in [0.25, 0.3) is 0 Å². The van der Waals surface area contributed by atoms with E-state index in [9.17, 15) is 4.79 Å². The summed E-state index contributed by atoms with van der Waals surface area (Å²) in [5.41, 5.74) is 2.63. The Morgan fingerprint density at radius 1 is 1.40 bits per heavy atom. The van der Waals surface area contributed by atoms with Gasteiger partial charge >= 0.3 is 0 Å². The molecule has 1 unspecified atom stereocenters. The van der Waals surface area contributed by atoms with Crippen LogP contribution in [0, 0.1) is 11.8 Å². The number of hydrazine groups is 1. The summed E-state index contributed by atoms with van der Waals surface area (Å²) in [5, 5.41) is 0. The van der Waals surface area contributed by atoms with E-state index in [1.165, 1.54) is 19.3 Å². The first kappa shape index (κ1) is 12.7. The molecule has 1 saturated carbocycles. The van der Waals surface area contributed by atoms with Gasteiger partial charge in [0.2, 0.25) is 0 Å². The van der Waals surface area contributed by atoms with Gasteiger partial charge in [-0.25, -0.2) is 0 Å². The zero-order valence-corrected chi connectivity index (χ0v) is 9.80. The second-order valence-electron chi connectivity index (χ2n) is 4.73. The van der Waals surface area contributed by atoms with Gasteiger partial charge in [-0.3, -0.25) is 16.1 Å². The van der Waals surface area contributed by atoms with E-state index in [-0.39, 0.29) is 5.92 Å². The van der Waals surface area contributed by atoms with E-state index >= 15 is 0 Å². The summed E-state index contributed by atoms with van der Waals surface area (Å²) < 4.78 is 0. The van der Waals surface area contributed by atoms with Gasteiger partial charge in [-0.2, -0.15) is 0 Å². The molecule has 3 heteroatoms. The molecule has 0 heterocycles. The molecule has 1 atom stereocenters. The van der Waals surface area contributed by atoms with Crippen molar-refractivity contribution in [1.29, 1.82) is 0 Å². The Labute approximate surface area is 92.8 Å². The SMILES string of the molecule is CC(CCCNN)C(=O)C1CCCCC1. The first-order chi connectivity index (χ1) is 7.25. The highest BCUT2D eigenvalue weighted by Gasteiger charge is 2.24. The highest BCUT2D eigenvalue weighted by atomic mass is 16.1. The number of hydrogen-bond donors (Lipinski definition) is 2. The third kappa shape index (κ3) is 4.31. The third-order valence-corrected chi connectivity index (χ3v) is 3.45. The summed E-state index contributed by atoms with van der Waals surface area (Å²) in [6, 6.07) is 0. The predicted molar refractivity (Wildman–Crippen MR) is 62.2 cm³/mol. The van der Waals surface area contributed by atoms with E-state index in [2.05, 4.69) is 12.3 Å². The molecule has 3 N–H and O–H groups in total. The van der Waals surface area contributed by atoms with Crippen LogP contribution in [0.5, 0.6) is 0 Å².